The van der Waals surface area contributed by atoms with Crippen LogP contribution in [-0.4, -0.2) is 7.11 Å². The lowest BCUT2D eigenvalue weighted by Crippen LogP contribution is -2.07. The molecule has 0 aromatic carbocycles. The molecule has 0 amide bonds. The van der Waals surface area contributed by atoms with E-state index in [-0.39, 0.29) is 0 Å². The summed E-state index contributed by atoms with van der Waals surface area (Å²) in [6.45, 7) is 7.88. The molecule has 0 heterocycles. The first-order chi connectivity index (χ1) is 7.19. The van der Waals surface area contributed by atoms with Crippen molar-refractivity contribution in [2.45, 2.75) is 26.7 Å². The quantitative estimate of drug-likeness (QED) is 0.763. The van der Waals surface area contributed by atoms with Crippen LogP contribution in [0.1, 0.15) is 26.7 Å². The van der Waals surface area contributed by atoms with E-state index < -0.39 is 0 Å². The minimum Gasteiger partial charge on any atom is -0.501 e. The Morgan fingerprint density at radius 1 is 1.33 bits per heavy atom. The van der Waals surface area contributed by atoms with Crippen molar-refractivity contribution in [2.75, 3.05) is 7.11 Å². The van der Waals surface area contributed by atoms with Crippen LogP contribution in [0.25, 0.3) is 0 Å². The molecule has 82 valence electrons. The third kappa shape index (κ3) is 3.01. The zero-order valence-corrected chi connectivity index (χ0v) is 9.76. The molecular formula is C13H19NO. The number of ether oxygens (including phenoxy) is 1. The molecule has 1 aliphatic carbocycles. The van der Waals surface area contributed by atoms with Crippen LogP contribution in [0.3, 0.4) is 0 Å². The van der Waals surface area contributed by atoms with Crippen LogP contribution in [-0.2, 0) is 4.74 Å². The van der Waals surface area contributed by atoms with Gasteiger partial charge in [0.1, 0.15) is 0 Å². The maximum Gasteiger partial charge on any atom is 0.0985 e. The van der Waals surface area contributed by atoms with E-state index in [0.717, 1.165) is 24.3 Å². The summed E-state index contributed by atoms with van der Waals surface area (Å²) < 4.78 is 5.35. The largest absolute Gasteiger partial charge is 0.501 e. The molecule has 1 rings (SSSR count). The third-order valence-corrected chi connectivity index (χ3v) is 2.61. The molecule has 2 nitrogen and oxygen atoms in total. The summed E-state index contributed by atoms with van der Waals surface area (Å²) in [7, 11) is 1.73. The molecule has 2 heteroatoms. The second-order valence-electron chi connectivity index (χ2n) is 3.67. The van der Waals surface area contributed by atoms with Gasteiger partial charge in [0.15, 0.2) is 0 Å². The molecule has 0 bridgehead atoms. The van der Waals surface area contributed by atoms with Gasteiger partial charge in [-0.2, -0.15) is 0 Å². The molecule has 0 spiro atoms. The maximum atomic E-state index is 5.35. The van der Waals surface area contributed by atoms with Gasteiger partial charge in [0.05, 0.1) is 12.9 Å². The predicted molar refractivity (Wildman–Crippen MR) is 64.1 cm³/mol. The Kier molecular flexibility index (Phi) is 4.22. The topological polar surface area (TPSA) is 21.3 Å². The SMILES string of the molecule is C=CNC1=CC/C(C)=C(/OC)CC=C1C. The summed E-state index contributed by atoms with van der Waals surface area (Å²) in [5, 5.41) is 3.15. The fraction of sp³-hybridized carbons (Fsp3) is 0.385. The Morgan fingerprint density at radius 2 is 2.07 bits per heavy atom. The molecule has 0 saturated carbocycles. The Bertz CT molecular complexity index is 334. The van der Waals surface area contributed by atoms with Crippen LogP contribution in [0.15, 0.2) is 47.5 Å². The summed E-state index contributed by atoms with van der Waals surface area (Å²) in [6, 6.07) is 0. The van der Waals surface area contributed by atoms with E-state index in [1.165, 1.54) is 11.1 Å². The number of nitrogens with one attached hydrogen (secondary N) is 1. The molecule has 0 atom stereocenters. The normalized spacial score (nSPS) is 22.1. The van der Waals surface area contributed by atoms with Crippen LogP contribution in [0.5, 0.6) is 0 Å². The highest BCUT2D eigenvalue weighted by Gasteiger charge is 2.06. The van der Waals surface area contributed by atoms with Gasteiger partial charge in [-0.25, -0.2) is 0 Å². The highest BCUT2D eigenvalue weighted by molar-refractivity contribution is 5.33. The van der Waals surface area contributed by atoms with Crippen LogP contribution in [0.4, 0.5) is 0 Å². The lowest BCUT2D eigenvalue weighted by molar-refractivity contribution is 0.279. The van der Waals surface area contributed by atoms with Gasteiger partial charge in [-0.3, -0.25) is 0 Å². The zero-order chi connectivity index (χ0) is 11.3. The van der Waals surface area contributed by atoms with E-state index in [4.69, 9.17) is 4.74 Å². The molecule has 1 aliphatic rings. The van der Waals surface area contributed by atoms with Crippen molar-refractivity contribution in [3.05, 3.63) is 47.5 Å². The molecule has 0 unspecified atom stereocenters. The van der Waals surface area contributed by atoms with E-state index in [9.17, 15) is 0 Å². The van der Waals surface area contributed by atoms with Crippen molar-refractivity contribution in [1.29, 1.82) is 0 Å². The number of hydrogen-bond acceptors (Lipinski definition) is 2. The maximum absolute atomic E-state index is 5.35. The van der Waals surface area contributed by atoms with Gasteiger partial charge in [-0.1, -0.05) is 18.7 Å². The average Bonchev–Trinajstić information content (AvgIpc) is 2.23. The van der Waals surface area contributed by atoms with Gasteiger partial charge >= 0.3 is 0 Å². The smallest absolute Gasteiger partial charge is 0.0985 e. The van der Waals surface area contributed by atoms with Crippen molar-refractivity contribution in [3.63, 3.8) is 0 Å². The van der Waals surface area contributed by atoms with Crippen LogP contribution >= 0.6 is 0 Å². The van der Waals surface area contributed by atoms with E-state index >= 15 is 0 Å². The number of rotatable bonds is 3. The molecule has 0 aromatic rings. The van der Waals surface area contributed by atoms with Crippen LogP contribution in [0, 0.1) is 0 Å². The van der Waals surface area contributed by atoms with Gasteiger partial charge in [0.25, 0.3) is 0 Å². The fourth-order valence-electron chi connectivity index (χ4n) is 1.60. The van der Waals surface area contributed by atoms with E-state index in [1.807, 2.05) is 0 Å². The average molecular weight is 205 g/mol. The monoisotopic (exact) mass is 205 g/mol. The molecule has 15 heavy (non-hydrogen) atoms. The van der Waals surface area contributed by atoms with E-state index in [2.05, 4.69) is 37.9 Å². The molecule has 0 aromatic heterocycles. The number of allylic oxidation sites excluding steroid dienone is 4. The Hall–Kier alpha value is -1.44. The standard InChI is InChI=1S/C13H19NO/c1-5-14-12-8-6-11(3)13(15-4)9-7-10(12)2/h5,7-8,14H,1,6,9H2,2-4H3/b10-7?,12-8?,13-11+. The molecule has 0 saturated heterocycles. The summed E-state index contributed by atoms with van der Waals surface area (Å²) >= 11 is 0. The van der Waals surface area contributed by atoms with Crippen molar-refractivity contribution in [2.24, 2.45) is 0 Å². The second kappa shape index (κ2) is 5.44. The van der Waals surface area contributed by atoms with Crippen LogP contribution < -0.4 is 5.32 Å². The number of hydrogen-bond donors (Lipinski definition) is 1. The Balaban J connectivity index is 2.94. The summed E-state index contributed by atoms with van der Waals surface area (Å²) in [5.41, 5.74) is 3.65. The van der Waals surface area contributed by atoms with Gasteiger partial charge < -0.3 is 10.1 Å². The van der Waals surface area contributed by atoms with Crippen molar-refractivity contribution in [3.8, 4) is 0 Å². The first kappa shape index (κ1) is 11.6. The van der Waals surface area contributed by atoms with Gasteiger partial charge in [-0.15, -0.1) is 0 Å². The first-order valence-electron chi connectivity index (χ1n) is 5.16. The van der Waals surface area contributed by atoms with Crippen molar-refractivity contribution >= 4 is 0 Å². The van der Waals surface area contributed by atoms with Crippen LogP contribution in [0.2, 0.25) is 0 Å². The minimum absolute atomic E-state index is 0.865. The molecule has 1 N–H and O–H groups in total. The number of methoxy groups -OCH3 is 1. The van der Waals surface area contributed by atoms with Gasteiger partial charge in [-0.05, 0) is 37.6 Å². The fourth-order valence-corrected chi connectivity index (χ4v) is 1.60. The summed E-state index contributed by atoms with van der Waals surface area (Å²) in [6.07, 6.45) is 7.83. The Labute approximate surface area is 92.0 Å². The molecule has 0 radical (unpaired) electrons. The first-order valence-corrected chi connectivity index (χ1v) is 5.16. The lowest BCUT2D eigenvalue weighted by Gasteiger charge is -2.14. The second-order valence-corrected chi connectivity index (χ2v) is 3.67. The molecule has 0 aliphatic heterocycles. The highest BCUT2D eigenvalue weighted by atomic mass is 16.5. The highest BCUT2D eigenvalue weighted by Crippen LogP contribution is 2.21. The van der Waals surface area contributed by atoms with E-state index in [1.54, 1.807) is 13.3 Å². The summed E-state index contributed by atoms with van der Waals surface area (Å²) in [4.78, 5) is 0. The summed E-state index contributed by atoms with van der Waals surface area (Å²) in [5.74, 6) is 1.07. The van der Waals surface area contributed by atoms with Gasteiger partial charge in [0, 0.05) is 12.1 Å². The minimum atomic E-state index is 0.865. The zero-order valence-electron chi connectivity index (χ0n) is 9.76. The third-order valence-electron chi connectivity index (χ3n) is 2.61. The lowest BCUT2D eigenvalue weighted by atomic mass is 10.0. The van der Waals surface area contributed by atoms with E-state index in [0.29, 0.717) is 0 Å². The van der Waals surface area contributed by atoms with Crippen molar-refractivity contribution in [1.82, 2.24) is 5.32 Å². The molecular weight excluding hydrogens is 186 g/mol. The van der Waals surface area contributed by atoms with Crippen molar-refractivity contribution < 1.29 is 4.74 Å². The predicted octanol–water partition coefficient (Wildman–Crippen LogP) is 3.26. The molecule has 0 fully saturated rings. The Morgan fingerprint density at radius 3 is 2.67 bits per heavy atom. The van der Waals surface area contributed by atoms with Gasteiger partial charge in [0.2, 0.25) is 0 Å².